The highest BCUT2D eigenvalue weighted by molar-refractivity contribution is 4.90. The number of hydrogen-bond acceptors (Lipinski definition) is 3. The molecule has 1 aromatic rings. The Morgan fingerprint density at radius 1 is 1.75 bits per heavy atom. The quantitative estimate of drug-likeness (QED) is 0.658. The van der Waals surface area contributed by atoms with E-state index in [1.807, 2.05) is 19.1 Å². The predicted octanol–water partition coefficient (Wildman–Crippen LogP) is 0.363. The first-order valence-electron chi connectivity index (χ1n) is 3.73. The zero-order valence-electron chi connectivity index (χ0n) is 6.90. The van der Waals surface area contributed by atoms with Gasteiger partial charge in [0.05, 0.1) is 0 Å². The average molecular weight is 165 g/mol. The fourth-order valence-corrected chi connectivity index (χ4v) is 0.747. The van der Waals surface area contributed by atoms with E-state index < -0.39 is 0 Å². The van der Waals surface area contributed by atoms with E-state index in [1.165, 1.54) is 10.9 Å². The van der Waals surface area contributed by atoms with E-state index in [9.17, 15) is 4.79 Å². The minimum atomic E-state index is -0.290. The van der Waals surface area contributed by atoms with Gasteiger partial charge in [-0.05, 0) is 13.0 Å². The maximum Gasteiger partial charge on any atom is 0.366 e. The van der Waals surface area contributed by atoms with E-state index in [1.54, 1.807) is 12.3 Å². The van der Waals surface area contributed by atoms with Gasteiger partial charge in [0.25, 0.3) is 0 Å². The molecule has 12 heavy (non-hydrogen) atoms. The van der Waals surface area contributed by atoms with Gasteiger partial charge < -0.3 is 5.43 Å². The lowest BCUT2D eigenvalue weighted by atomic mass is 10.5. The molecule has 0 unspecified atom stereocenters. The zero-order chi connectivity index (χ0) is 8.81. The van der Waals surface area contributed by atoms with Gasteiger partial charge in [0.15, 0.2) is 0 Å². The van der Waals surface area contributed by atoms with Crippen LogP contribution >= 0.6 is 0 Å². The molecule has 0 bridgehead atoms. The molecule has 1 heterocycles. The first-order chi connectivity index (χ1) is 5.84. The molecule has 1 rings (SSSR count). The summed E-state index contributed by atoms with van der Waals surface area (Å²) in [5.74, 6) is 0. The van der Waals surface area contributed by atoms with E-state index in [0.717, 1.165) is 0 Å². The highest BCUT2D eigenvalue weighted by atomic mass is 16.1. The Morgan fingerprint density at radius 2 is 2.58 bits per heavy atom. The molecule has 0 aliphatic rings. The summed E-state index contributed by atoms with van der Waals surface area (Å²) < 4.78 is 1.35. The lowest BCUT2D eigenvalue weighted by molar-refractivity contribution is 0.800. The van der Waals surface area contributed by atoms with Crippen LogP contribution in [0.5, 0.6) is 0 Å². The summed E-state index contributed by atoms with van der Waals surface area (Å²) in [6.07, 6.45) is 6.93. The molecule has 0 saturated carbocycles. The third-order valence-electron chi connectivity index (χ3n) is 1.33. The van der Waals surface area contributed by atoms with Crippen LogP contribution in [0.15, 0.2) is 35.4 Å². The smallest absolute Gasteiger partial charge is 0.318 e. The SMILES string of the molecule is CC=CCNn1cccnc1=O. The van der Waals surface area contributed by atoms with Crippen molar-refractivity contribution in [1.82, 2.24) is 9.66 Å². The fourth-order valence-electron chi connectivity index (χ4n) is 0.747. The van der Waals surface area contributed by atoms with Gasteiger partial charge in [0.1, 0.15) is 0 Å². The van der Waals surface area contributed by atoms with Gasteiger partial charge >= 0.3 is 5.69 Å². The van der Waals surface area contributed by atoms with Crippen LogP contribution in [-0.4, -0.2) is 16.2 Å². The second kappa shape index (κ2) is 4.33. The summed E-state index contributed by atoms with van der Waals surface area (Å²) in [4.78, 5) is 14.6. The molecular formula is C8H11N3O. The first-order valence-corrected chi connectivity index (χ1v) is 3.73. The zero-order valence-corrected chi connectivity index (χ0v) is 6.90. The monoisotopic (exact) mass is 165 g/mol. The Bertz CT molecular complexity index is 316. The van der Waals surface area contributed by atoms with Crippen molar-refractivity contribution in [2.24, 2.45) is 0 Å². The Morgan fingerprint density at radius 3 is 3.25 bits per heavy atom. The van der Waals surface area contributed by atoms with Gasteiger partial charge in [-0.15, -0.1) is 0 Å². The van der Waals surface area contributed by atoms with Gasteiger partial charge in [-0.1, -0.05) is 12.2 Å². The van der Waals surface area contributed by atoms with E-state index in [4.69, 9.17) is 0 Å². The Hall–Kier alpha value is -1.58. The molecule has 0 fully saturated rings. The molecule has 0 aliphatic carbocycles. The minimum absolute atomic E-state index is 0.290. The highest BCUT2D eigenvalue weighted by Crippen LogP contribution is 1.74. The van der Waals surface area contributed by atoms with Crippen LogP contribution in [0.25, 0.3) is 0 Å². The summed E-state index contributed by atoms with van der Waals surface area (Å²) >= 11 is 0. The third-order valence-corrected chi connectivity index (χ3v) is 1.33. The molecule has 0 amide bonds. The highest BCUT2D eigenvalue weighted by Gasteiger charge is 1.89. The Labute approximate surface area is 70.5 Å². The van der Waals surface area contributed by atoms with Crippen molar-refractivity contribution in [3.63, 3.8) is 0 Å². The largest absolute Gasteiger partial charge is 0.366 e. The molecule has 4 heteroatoms. The van der Waals surface area contributed by atoms with E-state index in [-0.39, 0.29) is 5.69 Å². The topological polar surface area (TPSA) is 46.9 Å². The number of aromatic nitrogens is 2. The summed E-state index contributed by atoms with van der Waals surface area (Å²) in [5, 5.41) is 0. The average Bonchev–Trinajstić information content (AvgIpc) is 2.09. The molecule has 0 aliphatic heterocycles. The van der Waals surface area contributed by atoms with Gasteiger partial charge in [-0.3, -0.25) is 0 Å². The van der Waals surface area contributed by atoms with E-state index >= 15 is 0 Å². The molecule has 4 nitrogen and oxygen atoms in total. The third kappa shape index (κ3) is 2.23. The van der Waals surface area contributed by atoms with Crippen molar-refractivity contribution < 1.29 is 0 Å². The van der Waals surface area contributed by atoms with Crippen LogP contribution in [0.4, 0.5) is 0 Å². The second-order valence-electron chi connectivity index (χ2n) is 2.20. The van der Waals surface area contributed by atoms with Crippen LogP contribution in [0, 0.1) is 0 Å². The normalized spacial score (nSPS) is 10.4. The Balaban J connectivity index is 2.63. The molecule has 0 radical (unpaired) electrons. The maximum absolute atomic E-state index is 11.0. The van der Waals surface area contributed by atoms with Gasteiger partial charge in [0, 0.05) is 18.9 Å². The van der Waals surface area contributed by atoms with Crippen LogP contribution in [0.3, 0.4) is 0 Å². The fraction of sp³-hybridized carbons (Fsp3) is 0.250. The second-order valence-corrected chi connectivity index (χ2v) is 2.20. The van der Waals surface area contributed by atoms with E-state index in [0.29, 0.717) is 6.54 Å². The van der Waals surface area contributed by atoms with Crippen molar-refractivity contribution >= 4 is 0 Å². The summed E-state index contributed by atoms with van der Waals surface area (Å²) in [7, 11) is 0. The van der Waals surface area contributed by atoms with E-state index in [2.05, 4.69) is 10.4 Å². The van der Waals surface area contributed by atoms with Crippen LogP contribution < -0.4 is 11.1 Å². The van der Waals surface area contributed by atoms with Crippen molar-refractivity contribution in [1.29, 1.82) is 0 Å². The number of allylic oxidation sites excluding steroid dienone is 1. The summed E-state index contributed by atoms with van der Waals surface area (Å²) in [6, 6.07) is 1.70. The molecular weight excluding hydrogens is 154 g/mol. The van der Waals surface area contributed by atoms with Crippen LogP contribution in [-0.2, 0) is 0 Å². The van der Waals surface area contributed by atoms with Crippen molar-refractivity contribution in [3.05, 3.63) is 41.1 Å². The molecule has 0 spiro atoms. The number of nitrogens with zero attached hydrogens (tertiary/aromatic N) is 2. The molecule has 0 aromatic carbocycles. The molecule has 0 saturated heterocycles. The molecule has 64 valence electrons. The lowest BCUT2D eigenvalue weighted by Crippen LogP contribution is -2.29. The van der Waals surface area contributed by atoms with Gasteiger partial charge in [0.2, 0.25) is 0 Å². The van der Waals surface area contributed by atoms with Gasteiger partial charge in [-0.2, -0.15) is 0 Å². The molecule has 1 aromatic heterocycles. The van der Waals surface area contributed by atoms with Crippen LogP contribution in [0.1, 0.15) is 6.92 Å². The molecule has 0 atom stereocenters. The van der Waals surface area contributed by atoms with Crippen molar-refractivity contribution in [3.8, 4) is 0 Å². The van der Waals surface area contributed by atoms with Gasteiger partial charge in [-0.25, -0.2) is 14.5 Å². The Kier molecular flexibility index (Phi) is 3.07. The standard InChI is InChI=1S/C8H11N3O/c1-2-3-6-10-11-7-4-5-9-8(11)12/h2-5,7,10H,6H2,1H3. The maximum atomic E-state index is 11.0. The minimum Gasteiger partial charge on any atom is -0.318 e. The number of hydrogen-bond donors (Lipinski definition) is 1. The van der Waals surface area contributed by atoms with Crippen molar-refractivity contribution in [2.75, 3.05) is 12.0 Å². The number of rotatable bonds is 3. The first kappa shape index (κ1) is 8.52. The lowest BCUT2D eigenvalue weighted by Gasteiger charge is -2.03. The summed E-state index contributed by atoms with van der Waals surface area (Å²) in [6.45, 7) is 2.55. The molecule has 1 N–H and O–H groups in total. The predicted molar refractivity (Wildman–Crippen MR) is 47.5 cm³/mol. The summed E-state index contributed by atoms with van der Waals surface area (Å²) in [5.41, 5.74) is 2.58. The number of nitrogens with one attached hydrogen (secondary N) is 1. The van der Waals surface area contributed by atoms with Crippen molar-refractivity contribution in [2.45, 2.75) is 6.92 Å². The van der Waals surface area contributed by atoms with Crippen LogP contribution in [0.2, 0.25) is 0 Å².